The van der Waals surface area contributed by atoms with E-state index in [2.05, 4.69) is 10.6 Å². The van der Waals surface area contributed by atoms with Crippen LogP contribution in [0.2, 0.25) is 0 Å². The predicted molar refractivity (Wildman–Crippen MR) is 127 cm³/mol. The third-order valence-corrected chi connectivity index (χ3v) is 5.78. The van der Waals surface area contributed by atoms with Gasteiger partial charge in [-0.3, -0.25) is 9.59 Å². The fourth-order valence-electron chi connectivity index (χ4n) is 3.89. The molecule has 1 saturated heterocycles. The van der Waals surface area contributed by atoms with Crippen LogP contribution in [0.15, 0.2) is 78.9 Å². The summed E-state index contributed by atoms with van der Waals surface area (Å²) in [7, 11) is 0. The van der Waals surface area contributed by atoms with Gasteiger partial charge >= 0.3 is 5.97 Å². The number of carbonyl (C=O) groups excluding carboxylic acids is 3. The first-order valence-electron chi connectivity index (χ1n) is 11.2. The monoisotopic (exact) mass is 458 g/mol. The number of phenolic OH excluding ortho intramolecular Hbond substituents is 1. The highest BCUT2D eigenvalue weighted by Gasteiger charge is 2.29. The van der Waals surface area contributed by atoms with Gasteiger partial charge in [0.15, 0.2) is 5.78 Å². The molecule has 7 nitrogen and oxygen atoms in total. The van der Waals surface area contributed by atoms with Gasteiger partial charge < -0.3 is 20.5 Å². The van der Waals surface area contributed by atoms with E-state index in [1.54, 1.807) is 48.5 Å². The molecule has 0 radical (unpaired) electrons. The minimum atomic E-state index is -0.505. The highest BCUT2D eigenvalue weighted by molar-refractivity contribution is 6.09. The van der Waals surface area contributed by atoms with E-state index in [0.717, 1.165) is 13.0 Å². The van der Waals surface area contributed by atoms with Crippen molar-refractivity contribution in [3.05, 3.63) is 101 Å². The van der Waals surface area contributed by atoms with Crippen molar-refractivity contribution in [2.24, 2.45) is 0 Å². The average molecular weight is 459 g/mol. The maximum atomic E-state index is 12.8. The van der Waals surface area contributed by atoms with Crippen LogP contribution in [0.25, 0.3) is 0 Å². The van der Waals surface area contributed by atoms with Crippen molar-refractivity contribution in [3.8, 4) is 5.75 Å². The minimum absolute atomic E-state index is 0.0796. The lowest BCUT2D eigenvalue weighted by Crippen LogP contribution is -2.49. The molecule has 3 aromatic carbocycles. The molecular weight excluding hydrogens is 432 g/mol. The molecule has 4 rings (SSSR count). The first-order valence-corrected chi connectivity index (χ1v) is 11.2. The lowest BCUT2D eigenvalue weighted by atomic mass is 10.0. The Balaban J connectivity index is 1.42. The zero-order valence-electron chi connectivity index (χ0n) is 18.6. The number of benzene rings is 3. The van der Waals surface area contributed by atoms with Crippen LogP contribution < -0.4 is 10.6 Å². The Morgan fingerprint density at radius 2 is 1.44 bits per heavy atom. The molecular formula is C27H26N2O5. The van der Waals surface area contributed by atoms with E-state index < -0.39 is 18.1 Å². The summed E-state index contributed by atoms with van der Waals surface area (Å²) in [5, 5.41) is 15.6. The Labute approximate surface area is 197 Å². The largest absolute Gasteiger partial charge is 0.508 e. The number of phenols is 1. The molecule has 34 heavy (non-hydrogen) atoms. The Bertz CT molecular complexity index is 1140. The summed E-state index contributed by atoms with van der Waals surface area (Å²) >= 11 is 0. The third-order valence-electron chi connectivity index (χ3n) is 5.78. The lowest BCUT2D eigenvalue weighted by Gasteiger charge is -2.26. The number of ether oxygens (including phenoxy) is 1. The average Bonchev–Trinajstić information content (AvgIpc) is 3.09. The Hall–Kier alpha value is -3.97. The highest BCUT2D eigenvalue weighted by Crippen LogP contribution is 2.17. The summed E-state index contributed by atoms with van der Waals surface area (Å²) in [5.41, 5.74) is 1.81. The molecule has 7 heteroatoms. The van der Waals surface area contributed by atoms with Crippen LogP contribution in [0, 0.1) is 0 Å². The molecule has 1 heterocycles. The third kappa shape index (κ3) is 5.68. The Morgan fingerprint density at radius 1 is 0.824 bits per heavy atom. The summed E-state index contributed by atoms with van der Waals surface area (Å²) in [5.74, 6) is -0.851. The molecule has 0 aliphatic carbocycles. The molecule has 3 N–H and O–H groups in total. The van der Waals surface area contributed by atoms with Crippen LogP contribution in [0.5, 0.6) is 5.75 Å². The van der Waals surface area contributed by atoms with E-state index in [9.17, 15) is 19.5 Å². The summed E-state index contributed by atoms with van der Waals surface area (Å²) in [6.45, 7) is 1.22. The molecule has 1 amide bonds. The van der Waals surface area contributed by atoms with Gasteiger partial charge in [-0.1, -0.05) is 42.5 Å². The molecule has 1 fully saturated rings. The molecule has 2 unspecified atom stereocenters. The normalized spacial score (nSPS) is 17.9. The fraction of sp³-hybridized carbons (Fsp3) is 0.222. The summed E-state index contributed by atoms with van der Waals surface area (Å²) < 4.78 is 5.79. The SMILES string of the molecule is O=C(NC1CNCCCC1OC(=O)c1ccc(C(=O)c2ccccc2)cc1)c1ccc(O)cc1. The predicted octanol–water partition coefficient (Wildman–Crippen LogP) is 3.33. The van der Waals surface area contributed by atoms with Crippen molar-refractivity contribution < 1.29 is 24.2 Å². The molecule has 1 aliphatic heterocycles. The maximum absolute atomic E-state index is 12.8. The standard InChI is InChI=1S/C27H26N2O5/c30-22-14-12-20(13-15-22)26(32)29-23-17-28-16-4-7-24(23)34-27(33)21-10-8-19(9-11-21)25(31)18-5-2-1-3-6-18/h1-3,5-6,8-15,23-24,28,30H,4,7,16-17H2,(H,29,32). The van der Waals surface area contributed by atoms with Gasteiger partial charge in [0.2, 0.25) is 0 Å². The first-order chi connectivity index (χ1) is 16.5. The van der Waals surface area contributed by atoms with E-state index in [1.165, 1.54) is 24.3 Å². The molecule has 2 atom stereocenters. The molecule has 0 aromatic heterocycles. The number of carbonyl (C=O) groups is 3. The van der Waals surface area contributed by atoms with Crippen molar-refractivity contribution in [1.82, 2.24) is 10.6 Å². The van der Waals surface area contributed by atoms with Crippen LogP contribution in [-0.2, 0) is 4.74 Å². The van der Waals surface area contributed by atoms with Crippen molar-refractivity contribution in [2.45, 2.75) is 25.0 Å². The molecule has 3 aromatic rings. The zero-order chi connectivity index (χ0) is 23.9. The molecule has 1 aliphatic rings. The molecule has 174 valence electrons. The lowest BCUT2D eigenvalue weighted by molar-refractivity contribution is 0.0192. The summed E-state index contributed by atoms with van der Waals surface area (Å²) in [6.07, 6.45) is 0.895. The molecule has 0 bridgehead atoms. The van der Waals surface area contributed by atoms with Crippen molar-refractivity contribution in [2.75, 3.05) is 13.1 Å². The maximum Gasteiger partial charge on any atom is 0.338 e. The van der Waals surface area contributed by atoms with E-state index in [0.29, 0.717) is 35.2 Å². The summed E-state index contributed by atoms with van der Waals surface area (Å²) in [4.78, 5) is 38.1. The molecule has 0 spiro atoms. The number of aromatic hydroxyl groups is 1. The van der Waals surface area contributed by atoms with Gasteiger partial charge in [-0.25, -0.2) is 4.79 Å². The number of nitrogens with one attached hydrogen (secondary N) is 2. The smallest absolute Gasteiger partial charge is 0.338 e. The number of hydrogen-bond donors (Lipinski definition) is 3. The first kappa shape index (κ1) is 23.2. The van der Waals surface area contributed by atoms with Crippen LogP contribution in [0.1, 0.15) is 49.5 Å². The van der Waals surface area contributed by atoms with Crippen LogP contribution in [0.4, 0.5) is 0 Å². The van der Waals surface area contributed by atoms with Gasteiger partial charge in [0.1, 0.15) is 11.9 Å². The van der Waals surface area contributed by atoms with Gasteiger partial charge in [0, 0.05) is 23.2 Å². The Kier molecular flexibility index (Phi) is 7.34. The van der Waals surface area contributed by atoms with E-state index >= 15 is 0 Å². The number of ketones is 1. The van der Waals surface area contributed by atoms with Crippen LogP contribution in [0.3, 0.4) is 0 Å². The topological polar surface area (TPSA) is 105 Å². The second kappa shape index (κ2) is 10.8. The van der Waals surface area contributed by atoms with E-state index in [4.69, 9.17) is 4.74 Å². The van der Waals surface area contributed by atoms with E-state index in [-0.39, 0.29) is 17.4 Å². The molecule has 0 saturated carbocycles. The second-order valence-corrected chi connectivity index (χ2v) is 8.19. The highest BCUT2D eigenvalue weighted by atomic mass is 16.5. The van der Waals surface area contributed by atoms with Gasteiger partial charge in [-0.2, -0.15) is 0 Å². The second-order valence-electron chi connectivity index (χ2n) is 8.19. The quantitative estimate of drug-likeness (QED) is 0.387. The van der Waals surface area contributed by atoms with Gasteiger partial charge in [0.25, 0.3) is 5.91 Å². The number of rotatable bonds is 6. The van der Waals surface area contributed by atoms with Crippen molar-refractivity contribution in [3.63, 3.8) is 0 Å². The Morgan fingerprint density at radius 3 is 2.15 bits per heavy atom. The number of hydrogen-bond acceptors (Lipinski definition) is 6. The summed E-state index contributed by atoms with van der Waals surface area (Å²) in [6, 6.07) is 20.9. The van der Waals surface area contributed by atoms with Crippen LogP contribution >= 0.6 is 0 Å². The van der Waals surface area contributed by atoms with Crippen molar-refractivity contribution >= 4 is 17.7 Å². The number of esters is 1. The zero-order valence-corrected chi connectivity index (χ0v) is 18.6. The van der Waals surface area contributed by atoms with Gasteiger partial charge in [-0.05, 0) is 55.8 Å². The fourth-order valence-corrected chi connectivity index (χ4v) is 3.89. The van der Waals surface area contributed by atoms with Gasteiger partial charge in [0.05, 0.1) is 11.6 Å². The van der Waals surface area contributed by atoms with Gasteiger partial charge in [-0.15, -0.1) is 0 Å². The van der Waals surface area contributed by atoms with Crippen LogP contribution in [-0.4, -0.2) is 48.0 Å². The van der Waals surface area contributed by atoms with Crippen molar-refractivity contribution in [1.29, 1.82) is 0 Å². The number of amides is 1. The van der Waals surface area contributed by atoms with E-state index in [1.807, 2.05) is 6.07 Å². The minimum Gasteiger partial charge on any atom is -0.508 e.